The minimum absolute atomic E-state index is 0.0822. The summed E-state index contributed by atoms with van der Waals surface area (Å²) < 4.78 is 7.90. The SMILES string of the molecule is COc1cccc2c1nc(C(C)Cl)n2C1CC2CCC1C2. The number of methoxy groups -OCH3 is 1. The molecule has 4 atom stereocenters. The zero-order chi connectivity index (χ0) is 14.6. The van der Waals surface area contributed by atoms with Gasteiger partial charge in [0.25, 0.3) is 0 Å². The molecule has 0 N–H and O–H groups in total. The number of alkyl halides is 1. The quantitative estimate of drug-likeness (QED) is 0.768. The van der Waals surface area contributed by atoms with E-state index in [2.05, 4.69) is 16.7 Å². The molecule has 2 aliphatic rings. The molecule has 2 aliphatic carbocycles. The number of hydrogen-bond donors (Lipinski definition) is 0. The maximum Gasteiger partial charge on any atom is 0.146 e. The lowest BCUT2D eigenvalue weighted by atomic mass is 9.95. The number of ether oxygens (including phenoxy) is 1. The van der Waals surface area contributed by atoms with Gasteiger partial charge >= 0.3 is 0 Å². The summed E-state index contributed by atoms with van der Waals surface area (Å²) >= 11 is 6.43. The van der Waals surface area contributed by atoms with Crippen molar-refractivity contribution in [3.8, 4) is 5.75 Å². The van der Waals surface area contributed by atoms with Gasteiger partial charge in [0.2, 0.25) is 0 Å². The first-order chi connectivity index (χ1) is 10.2. The summed E-state index contributed by atoms with van der Waals surface area (Å²) in [5.74, 6) is 3.54. The van der Waals surface area contributed by atoms with Gasteiger partial charge < -0.3 is 9.30 Å². The second-order valence-electron chi connectivity index (χ2n) is 6.53. The Morgan fingerprint density at radius 2 is 2.19 bits per heavy atom. The lowest BCUT2D eigenvalue weighted by Gasteiger charge is -2.26. The Balaban J connectivity index is 1.91. The lowest BCUT2D eigenvalue weighted by molar-refractivity contribution is 0.329. The predicted octanol–water partition coefficient (Wildman–Crippen LogP) is 4.71. The second-order valence-corrected chi connectivity index (χ2v) is 7.18. The minimum Gasteiger partial charge on any atom is -0.494 e. The zero-order valence-electron chi connectivity index (χ0n) is 12.6. The van der Waals surface area contributed by atoms with Gasteiger partial charge in [0, 0.05) is 6.04 Å². The monoisotopic (exact) mass is 304 g/mol. The van der Waals surface area contributed by atoms with E-state index in [0.717, 1.165) is 28.9 Å². The van der Waals surface area contributed by atoms with Crippen LogP contribution >= 0.6 is 11.6 Å². The molecule has 3 nitrogen and oxygen atoms in total. The number of halogens is 1. The van der Waals surface area contributed by atoms with E-state index in [9.17, 15) is 0 Å². The zero-order valence-corrected chi connectivity index (χ0v) is 13.3. The van der Waals surface area contributed by atoms with Gasteiger partial charge in [0.05, 0.1) is 18.0 Å². The lowest BCUT2D eigenvalue weighted by Crippen LogP contribution is -2.18. The average molecular weight is 305 g/mol. The Labute approximate surface area is 130 Å². The molecule has 0 radical (unpaired) electrons. The van der Waals surface area contributed by atoms with Gasteiger partial charge in [-0.25, -0.2) is 4.98 Å². The van der Waals surface area contributed by atoms with Crippen molar-refractivity contribution < 1.29 is 4.74 Å². The standard InChI is InChI=1S/C17H21ClN2O/c1-10(18)17-19-16-13(4-3-5-15(16)21-2)20(17)14-9-11-6-7-12(14)8-11/h3-5,10-12,14H,6-9H2,1-2H3. The highest BCUT2D eigenvalue weighted by molar-refractivity contribution is 6.20. The molecule has 0 amide bonds. The molecule has 4 unspecified atom stereocenters. The Kier molecular flexibility index (Phi) is 3.14. The molecular weight excluding hydrogens is 284 g/mol. The van der Waals surface area contributed by atoms with Crippen LogP contribution in [0.5, 0.6) is 5.75 Å². The first-order valence-corrected chi connectivity index (χ1v) is 8.31. The van der Waals surface area contributed by atoms with Gasteiger partial charge in [-0.1, -0.05) is 12.5 Å². The number of hydrogen-bond acceptors (Lipinski definition) is 2. The number of para-hydroxylation sites is 1. The molecule has 2 bridgehead atoms. The van der Waals surface area contributed by atoms with Crippen LogP contribution in [0.4, 0.5) is 0 Å². The van der Waals surface area contributed by atoms with Gasteiger partial charge in [0.15, 0.2) is 0 Å². The first kappa shape index (κ1) is 13.4. The molecule has 21 heavy (non-hydrogen) atoms. The van der Waals surface area contributed by atoms with Crippen molar-refractivity contribution in [3.63, 3.8) is 0 Å². The van der Waals surface area contributed by atoms with Crippen molar-refractivity contribution >= 4 is 22.6 Å². The van der Waals surface area contributed by atoms with Gasteiger partial charge in [-0.3, -0.25) is 0 Å². The second kappa shape index (κ2) is 4.91. The van der Waals surface area contributed by atoms with Crippen LogP contribution in [0.15, 0.2) is 18.2 Å². The largest absolute Gasteiger partial charge is 0.494 e. The van der Waals surface area contributed by atoms with Crippen LogP contribution in [0.25, 0.3) is 11.0 Å². The van der Waals surface area contributed by atoms with Crippen molar-refractivity contribution in [2.24, 2.45) is 11.8 Å². The van der Waals surface area contributed by atoms with Crippen LogP contribution < -0.4 is 4.74 Å². The van der Waals surface area contributed by atoms with E-state index in [-0.39, 0.29) is 5.38 Å². The van der Waals surface area contributed by atoms with Gasteiger partial charge in [-0.2, -0.15) is 0 Å². The molecule has 2 saturated carbocycles. The minimum atomic E-state index is -0.0822. The Morgan fingerprint density at radius 3 is 2.81 bits per heavy atom. The topological polar surface area (TPSA) is 27.1 Å². The summed E-state index contributed by atoms with van der Waals surface area (Å²) in [5, 5.41) is -0.0822. The number of imidazole rings is 1. The van der Waals surface area contributed by atoms with Crippen molar-refractivity contribution in [3.05, 3.63) is 24.0 Å². The molecule has 1 aromatic heterocycles. The third-order valence-electron chi connectivity index (χ3n) is 5.32. The highest BCUT2D eigenvalue weighted by Crippen LogP contribution is 2.52. The Bertz CT molecular complexity index is 679. The van der Waals surface area contributed by atoms with Crippen LogP contribution in [0.1, 0.15) is 49.9 Å². The smallest absolute Gasteiger partial charge is 0.146 e. The first-order valence-electron chi connectivity index (χ1n) is 7.88. The van der Waals surface area contributed by atoms with Crippen molar-refractivity contribution in [2.45, 2.75) is 44.0 Å². The van der Waals surface area contributed by atoms with Gasteiger partial charge in [0.1, 0.15) is 17.1 Å². The van der Waals surface area contributed by atoms with Crippen molar-refractivity contribution in [1.82, 2.24) is 9.55 Å². The molecule has 4 heteroatoms. The normalized spacial score (nSPS) is 29.2. The summed E-state index contributed by atoms with van der Waals surface area (Å²) in [6.07, 6.45) is 5.42. The van der Waals surface area contributed by atoms with Crippen LogP contribution in [-0.4, -0.2) is 16.7 Å². The van der Waals surface area contributed by atoms with Crippen LogP contribution in [0.3, 0.4) is 0 Å². The third kappa shape index (κ3) is 1.97. The molecule has 1 aromatic carbocycles. The Hall–Kier alpha value is -1.22. The van der Waals surface area contributed by atoms with E-state index >= 15 is 0 Å². The van der Waals surface area contributed by atoms with Crippen molar-refractivity contribution in [1.29, 1.82) is 0 Å². The Morgan fingerprint density at radius 1 is 1.33 bits per heavy atom. The van der Waals surface area contributed by atoms with E-state index in [1.54, 1.807) is 7.11 Å². The van der Waals surface area contributed by atoms with Crippen LogP contribution in [-0.2, 0) is 0 Å². The summed E-state index contributed by atoms with van der Waals surface area (Å²) in [5.41, 5.74) is 2.12. The predicted molar refractivity (Wildman–Crippen MR) is 85.0 cm³/mol. The van der Waals surface area contributed by atoms with E-state index in [0.29, 0.717) is 6.04 Å². The number of benzene rings is 1. The fraction of sp³-hybridized carbons (Fsp3) is 0.588. The number of fused-ring (bicyclic) bond motifs is 3. The van der Waals surface area contributed by atoms with E-state index in [1.165, 1.54) is 31.2 Å². The summed E-state index contributed by atoms with van der Waals surface area (Å²) in [6.45, 7) is 2.01. The molecule has 2 fully saturated rings. The highest BCUT2D eigenvalue weighted by Gasteiger charge is 2.42. The summed E-state index contributed by atoms with van der Waals surface area (Å²) in [4.78, 5) is 4.82. The third-order valence-corrected chi connectivity index (χ3v) is 5.51. The highest BCUT2D eigenvalue weighted by atomic mass is 35.5. The molecule has 0 saturated heterocycles. The molecular formula is C17H21ClN2O. The molecule has 4 rings (SSSR count). The van der Waals surface area contributed by atoms with E-state index in [4.69, 9.17) is 21.3 Å². The maximum atomic E-state index is 6.43. The van der Waals surface area contributed by atoms with Gasteiger partial charge in [-0.05, 0) is 50.2 Å². The molecule has 0 aliphatic heterocycles. The maximum absolute atomic E-state index is 6.43. The van der Waals surface area contributed by atoms with Crippen LogP contribution in [0, 0.1) is 11.8 Å². The molecule has 2 aromatic rings. The summed E-state index contributed by atoms with van der Waals surface area (Å²) in [6, 6.07) is 6.75. The number of rotatable bonds is 3. The average Bonchev–Trinajstić information content (AvgIpc) is 3.18. The number of nitrogens with zero attached hydrogens (tertiary/aromatic N) is 2. The molecule has 112 valence electrons. The van der Waals surface area contributed by atoms with E-state index < -0.39 is 0 Å². The summed E-state index contributed by atoms with van der Waals surface area (Å²) in [7, 11) is 1.70. The van der Waals surface area contributed by atoms with E-state index in [1.807, 2.05) is 13.0 Å². The molecule has 0 spiro atoms. The fourth-order valence-electron chi connectivity index (χ4n) is 4.43. The van der Waals surface area contributed by atoms with Crippen molar-refractivity contribution in [2.75, 3.05) is 7.11 Å². The number of aromatic nitrogens is 2. The van der Waals surface area contributed by atoms with Crippen LogP contribution in [0.2, 0.25) is 0 Å². The fourth-order valence-corrected chi connectivity index (χ4v) is 4.58. The van der Waals surface area contributed by atoms with Gasteiger partial charge in [-0.15, -0.1) is 11.6 Å². The molecule has 1 heterocycles.